The Morgan fingerprint density at radius 3 is 2.30 bits per heavy atom. The zero-order valence-electron chi connectivity index (χ0n) is 34.4. The average molecular weight is 871 g/mol. The van der Waals surface area contributed by atoms with Crippen molar-refractivity contribution in [3.8, 4) is 5.75 Å². The fraction of sp³-hybridized carbons (Fsp3) is 0.319. The van der Waals surface area contributed by atoms with Crippen molar-refractivity contribution >= 4 is 68.0 Å². The molecular weight excluding hydrogens is 821 g/mol. The Hall–Kier alpha value is -5.66. The van der Waals surface area contributed by atoms with Gasteiger partial charge in [0.05, 0.1) is 44.1 Å². The van der Waals surface area contributed by atoms with Crippen LogP contribution < -0.4 is 10.4 Å². The third kappa shape index (κ3) is 10.8. The van der Waals surface area contributed by atoms with Crippen LogP contribution in [0.25, 0.3) is 32.8 Å². The van der Waals surface area contributed by atoms with Gasteiger partial charge < -0.3 is 33.1 Å². The lowest BCUT2D eigenvalue weighted by molar-refractivity contribution is -0.152. The number of carboxylic acids is 1. The van der Waals surface area contributed by atoms with Crippen LogP contribution in [-0.4, -0.2) is 78.3 Å². The summed E-state index contributed by atoms with van der Waals surface area (Å²) in [5.74, 6) is -0.680. The van der Waals surface area contributed by atoms with Crippen molar-refractivity contribution in [1.29, 1.82) is 0 Å². The van der Waals surface area contributed by atoms with E-state index in [-0.39, 0.29) is 11.7 Å². The number of aromatic nitrogens is 2. The smallest absolute Gasteiger partial charge is 0.357 e. The molecule has 7 aromatic rings. The van der Waals surface area contributed by atoms with Gasteiger partial charge in [0.2, 0.25) is 5.75 Å². The first-order chi connectivity index (χ1) is 29.6. The van der Waals surface area contributed by atoms with E-state index in [0.717, 1.165) is 72.7 Å². The second-order valence-corrected chi connectivity index (χ2v) is 15.3. The van der Waals surface area contributed by atoms with Gasteiger partial charge in [0.15, 0.2) is 16.9 Å². The molecule has 12 nitrogen and oxygen atoms in total. The van der Waals surface area contributed by atoms with Crippen molar-refractivity contribution in [1.82, 2.24) is 14.7 Å². The number of hydrogen-bond donors (Lipinski definition) is 1. The molecule has 4 aromatic carbocycles. The fourth-order valence-electron chi connectivity index (χ4n) is 7.52. The Bertz CT molecular complexity index is 2610. The number of carbonyl (C=O) groups is 2. The van der Waals surface area contributed by atoms with E-state index in [1.807, 2.05) is 60.7 Å². The summed E-state index contributed by atoms with van der Waals surface area (Å²) in [7, 11) is 1.52. The summed E-state index contributed by atoms with van der Waals surface area (Å²) in [4.78, 5) is 37.5. The molecular formula is C47H49Cl2N3O9. The number of halogens is 2. The molecule has 1 saturated carbocycles. The molecule has 0 amide bonds. The largest absolute Gasteiger partial charge is 0.490 e. The summed E-state index contributed by atoms with van der Waals surface area (Å²) in [6, 6.07) is 29.3. The van der Waals surface area contributed by atoms with E-state index in [4.69, 9.17) is 46.2 Å². The van der Waals surface area contributed by atoms with E-state index >= 15 is 0 Å². The standard InChI is InChI=1S/C20H31NO3.C15H10Cl2N2O2.C12H8O4/c1-3-21(4-2)14-15-23-16-17-24-19(22)20(12-8-9-13-20)18-10-6-5-7-11-18;16-10-6-5-9(12(17)7-10)8-19-13-4-2-1-3-11(13)14(18-19)15(20)21;1-14-12-10-8(4-5-15-10)6-7-2-3-9(13)16-11(7)12/h5-7,10-11H,3-4,8-9,12-17H2,1-2H3;1-7H,8H2,(H,20,21);2-6H,1H3. The van der Waals surface area contributed by atoms with E-state index in [0.29, 0.717) is 58.7 Å². The number of ether oxygens (including phenoxy) is 3. The number of aromatic carboxylic acids is 1. The number of hydrogen-bond acceptors (Lipinski definition) is 10. The summed E-state index contributed by atoms with van der Waals surface area (Å²) < 4.78 is 28.4. The second kappa shape index (κ2) is 21.2. The number of fused-ring (bicyclic) bond motifs is 3. The van der Waals surface area contributed by atoms with E-state index in [1.54, 1.807) is 41.3 Å². The number of likely N-dealkylation sites (N-methyl/N-ethyl adjacent to an activating group) is 1. The first-order valence-electron chi connectivity index (χ1n) is 20.2. The molecule has 1 N–H and O–H groups in total. The van der Waals surface area contributed by atoms with Crippen LogP contribution in [0.1, 0.15) is 61.1 Å². The van der Waals surface area contributed by atoms with Crippen molar-refractivity contribution in [2.45, 2.75) is 51.5 Å². The maximum Gasteiger partial charge on any atom is 0.357 e. The van der Waals surface area contributed by atoms with Crippen molar-refractivity contribution < 1.29 is 37.7 Å². The molecule has 320 valence electrons. The highest BCUT2D eigenvalue weighted by Crippen LogP contribution is 2.42. The second-order valence-electron chi connectivity index (χ2n) is 14.4. The van der Waals surface area contributed by atoms with Crippen LogP contribution in [0.3, 0.4) is 0 Å². The summed E-state index contributed by atoms with van der Waals surface area (Å²) in [6.45, 7) is 9.17. The Morgan fingerprint density at radius 2 is 1.59 bits per heavy atom. The minimum absolute atomic E-state index is 0.0377. The van der Waals surface area contributed by atoms with Crippen LogP contribution in [0.2, 0.25) is 10.0 Å². The summed E-state index contributed by atoms with van der Waals surface area (Å²) in [6.07, 6.45) is 5.52. The Labute approximate surface area is 363 Å². The van der Waals surface area contributed by atoms with Gasteiger partial charge in [0.1, 0.15) is 6.61 Å². The van der Waals surface area contributed by atoms with Gasteiger partial charge in [-0.1, -0.05) is 104 Å². The molecule has 0 radical (unpaired) electrons. The molecule has 1 fully saturated rings. The zero-order valence-corrected chi connectivity index (χ0v) is 35.9. The van der Waals surface area contributed by atoms with Crippen LogP contribution in [0.5, 0.6) is 5.75 Å². The molecule has 61 heavy (non-hydrogen) atoms. The minimum Gasteiger partial charge on any atom is -0.490 e. The van der Waals surface area contributed by atoms with E-state index in [1.165, 1.54) is 13.2 Å². The molecule has 1 aliphatic carbocycles. The molecule has 3 heterocycles. The van der Waals surface area contributed by atoms with E-state index < -0.39 is 17.0 Å². The maximum absolute atomic E-state index is 12.7. The van der Waals surface area contributed by atoms with Crippen molar-refractivity contribution in [2.75, 3.05) is 46.6 Å². The van der Waals surface area contributed by atoms with Gasteiger partial charge in [-0.3, -0.25) is 9.48 Å². The lowest BCUT2D eigenvalue weighted by Crippen LogP contribution is -2.35. The first-order valence-corrected chi connectivity index (χ1v) is 21.0. The molecule has 0 atom stereocenters. The van der Waals surface area contributed by atoms with Crippen LogP contribution in [0.15, 0.2) is 117 Å². The third-order valence-electron chi connectivity index (χ3n) is 10.8. The molecule has 0 bridgehead atoms. The fourth-order valence-corrected chi connectivity index (χ4v) is 7.99. The molecule has 0 saturated heterocycles. The Balaban J connectivity index is 0.000000156. The minimum atomic E-state index is -1.05. The predicted molar refractivity (Wildman–Crippen MR) is 237 cm³/mol. The van der Waals surface area contributed by atoms with Crippen LogP contribution in [0.4, 0.5) is 0 Å². The number of esters is 1. The highest BCUT2D eigenvalue weighted by molar-refractivity contribution is 6.35. The highest BCUT2D eigenvalue weighted by Gasteiger charge is 2.44. The summed E-state index contributed by atoms with van der Waals surface area (Å²) in [5.41, 5.74) is 2.86. The molecule has 0 unspecified atom stereocenters. The topological polar surface area (TPSA) is 146 Å². The van der Waals surface area contributed by atoms with E-state index in [2.05, 4.69) is 23.8 Å². The van der Waals surface area contributed by atoms with Crippen molar-refractivity contribution in [3.05, 3.63) is 141 Å². The number of methoxy groups -OCH3 is 1. The molecule has 14 heteroatoms. The highest BCUT2D eigenvalue weighted by atomic mass is 35.5. The van der Waals surface area contributed by atoms with Gasteiger partial charge in [-0.25, -0.2) is 9.59 Å². The lowest BCUT2D eigenvalue weighted by atomic mass is 9.79. The van der Waals surface area contributed by atoms with Gasteiger partial charge in [-0.2, -0.15) is 5.10 Å². The molecule has 3 aromatic heterocycles. The van der Waals surface area contributed by atoms with Crippen LogP contribution >= 0.6 is 23.2 Å². The van der Waals surface area contributed by atoms with Gasteiger partial charge in [0, 0.05) is 38.8 Å². The number of para-hydroxylation sites is 1. The first kappa shape index (κ1) is 44.9. The number of furan rings is 1. The average Bonchev–Trinajstić information content (AvgIpc) is 4.05. The monoisotopic (exact) mass is 869 g/mol. The van der Waals surface area contributed by atoms with E-state index in [9.17, 15) is 19.5 Å². The summed E-state index contributed by atoms with van der Waals surface area (Å²) >= 11 is 12.0. The lowest BCUT2D eigenvalue weighted by Gasteiger charge is -2.27. The molecule has 0 spiro atoms. The maximum atomic E-state index is 12.7. The van der Waals surface area contributed by atoms with Crippen molar-refractivity contribution in [2.24, 2.45) is 0 Å². The predicted octanol–water partition coefficient (Wildman–Crippen LogP) is 10.0. The molecule has 8 rings (SSSR count). The number of carboxylic acid groups (broad SMARTS) is 1. The summed E-state index contributed by atoms with van der Waals surface area (Å²) in [5, 5.41) is 16.8. The van der Waals surface area contributed by atoms with Gasteiger partial charge in [-0.05, 0) is 73.5 Å². The van der Waals surface area contributed by atoms with Gasteiger partial charge in [0.25, 0.3) is 0 Å². The molecule has 0 aliphatic heterocycles. The molecule has 1 aliphatic rings. The van der Waals surface area contributed by atoms with Crippen LogP contribution in [0, 0.1) is 0 Å². The SMILES string of the molecule is CCN(CC)CCOCCOC(=O)C1(c2ccccc2)CCCC1.COc1c2occc2cc2ccc(=O)oc12.O=C(O)c1nn(Cc2ccc(Cl)cc2Cl)c2ccccc12. The van der Waals surface area contributed by atoms with Crippen LogP contribution in [-0.2, 0) is 26.2 Å². The zero-order chi connectivity index (χ0) is 43.4. The Morgan fingerprint density at radius 1 is 0.869 bits per heavy atom. The number of carbonyl (C=O) groups excluding carboxylic acids is 1. The normalized spacial score (nSPS) is 13.1. The third-order valence-corrected chi connectivity index (χ3v) is 11.4. The number of rotatable bonds is 14. The number of nitrogens with zero attached hydrogens (tertiary/aromatic N) is 3. The number of benzene rings is 4. The Kier molecular flexibility index (Phi) is 15.6. The van der Waals surface area contributed by atoms with Gasteiger partial charge >= 0.3 is 17.6 Å². The quantitative estimate of drug-likeness (QED) is 0.0633. The van der Waals surface area contributed by atoms with Crippen molar-refractivity contribution in [3.63, 3.8) is 0 Å². The van der Waals surface area contributed by atoms with Gasteiger partial charge in [-0.15, -0.1) is 0 Å².